The Morgan fingerprint density at radius 3 is 2.09 bits per heavy atom. The van der Waals surface area contributed by atoms with Gasteiger partial charge >= 0.3 is 0 Å². The second-order valence-corrected chi connectivity index (χ2v) is 22.0. The van der Waals surface area contributed by atoms with Crippen LogP contribution in [-0.4, -0.2) is 11.8 Å². The van der Waals surface area contributed by atoms with Gasteiger partial charge in [0.1, 0.15) is 11.2 Å². The Balaban J connectivity index is 1.11. The predicted octanol–water partition coefficient (Wildman–Crippen LogP) is 15.3. The van der Waals surface area contributed by atoms with Crippen LogP contribution in [0.4, 0.5) is 11.4 Å². The van der Waals surface area contributed by atoms with Crippen LogP contribution in [0.5, 0.6) is 0 Å². The molecule has 3 nitrogen and oxygen atoms in total. The van der Waals surface area contributed by atoms with Gasteiger partial charge in [-0.15, -0.1) is 11.3 Å². The molecule has 0 saturated carbocycles. The summed E-state index contributed by atoms with van der Waals surface area (Å²) in [4.78, 5) is 0. The Kier molecular flexibility index (Phi) is 7.59. The molecule has 64 heavy (non-hydrogen) atoms. The molecule has 309 valence electrons. The molecule has 0 unspecified atom stereocenters. The minimum Gasteiger partial charge on any atom is -0.456 e. The molecule has 3 aromatic heterocycles. The summed E-state index contributed by atoms with van der Waals surface area (Å²) in [5, 5.41) is 11.4. The van der Waals surface area contributed by atoms with Crippen LogP contribution in [0, 0.1) is 0 Å². The summed E-state index contributed by atoms with van der Waals surface area (Å²) in [7, 11) is 2.43. The number of anilines is 2. The number of aromatic nitrogens is 1. The van der Waals surface area contributed by atoms with E-state index in [0.29, 0.717) is 0 Å². The predicted molar refractivity (Wildman–Crippen MR) is 276 cm³/mol. The second kappa shape index (κ2) is 12.8. The van der Waals surface area contributed by atoms with Crippen LogP contribution in [-0.2, 0) is 16.2 Å². The first kappa shape index (κ1) is 38.0. The molecule has 4 heterocycles. The summed E-state index contributed by atoms with van der Waals surface area (Å²) in [5.74, 6) is 0. The maximum Gasteiger partial charge on any atom is 0.198 e. The summed E-state index contributed by atoms with van der Waals surface area (Å²) in [6, 6.07) is 52.8. The Bertz CT molecular complexity index is 3830. The van der Waals surface area contributed by atoms with Crippen molar-refractivity contribution in [3.63, 3.8) is 0 Å². The number of rotatable bonds is 3. The highest BCUT2D eigenvalue weighted by Crippen LogP contribution is 2.52. The van der Waals surface area contributed by atoms with Crippen molar-refractivity contribution < 1.29 is 4.42 Å². The van der Waals surface area contributed by atoms with Gasteiger partial charge in [-0.25, -0.2) is 0 Å². The smallest absolute Gasteiger partial charge is 0.198 e. The first-order valence-corrected chi connectivity index (χ1v) is 23.5. The third kappa shape index (κ3) is 5.34. The Labute approximate surface area is 378 Å². The normalized spacial score (nSPS) is 14.2. The van der Waals surface area contributed by atoms with E-state index in [-0.39, 0.29) is 16.2 Å². The van der Waals surface area contributed by atoms with E-state index in [9.17, 15) is 0 Å². The van der Waals surface area contributed by atoms with Gasteiger partial charge in [-0.05, 0) is 116 Å². The number of fused-ring (bicyclic) bond motifs is 14. The van der Waals surface area contributed by atoms with E-state index >= 15 is 0 Å². The number of hydrogen-bond donors (Lipinski definition) is 1. The molecular formula is C59H48BN2OS. The van der Waals surface area contributed by atoms with Crippen molar-refractivity contribution in [1.29, 1.82) is 0 Å². The fourth-order valence-electron chi connectivity index (χ4n) is 11.0. The molecule has 0 saturated heterocycles. The van der Waals surface area contributed by atoms with Crippen molar-refractivity contribution >= 4 is 105 Å². The number of furan rings is 1. The molecule has 0 bridgehead atoms. The van der Waals surface area contributed by atoms with Crippen LogP contribution in [0.15, 0.2) is 144 Å². The van der Waals surface area contributed by atoms with Crippen molar-refractivity contribution in [3.05, 3.63) is 162 Å². The van der Waals surface area contributed by atoms with Crippen molar-refractivity contribution in [2.75, 3.05) is 5.32 Å². The Morgan fingerprint density at radius 1 is 0.547 bits per heavy atom. The van der Waals surface area contributed by atoms with Crippen molar-refractivity contribution in [1.82, 2.24) is 4.57 Å². The first-order valence-electron chi connectivity index (χ1n) is 22.7. The van der Waals surface area contributed by atoms with E-state index in [1.54, 1.807) is 0 Å². The third-order valence-electron chi connectivity index (χ3n) is 14.5. The van der Waals surface area contributed by atoms with Crippen LogP contribution in [0.25, 0.3) is 91.9 Å². The largest absolute Gasteiger partial charge is 0.456 e. The fraction of sp³-hybridized carbons (Fsp3) is 0.186. The van der Waals surface area contributed by atoms with Gasteiger partial charge in [-0.1, -0.05) is 140 Å². The lowest BCUT2D eigenvalue weighted by Gasteiger charge is -2.24. The molecule has 2 aliphatic rings. The molecule has 5 heteroatoms. The van der Waals surface area contributed by atoms with Crippen LogP contribution < -0.4 is 16.2 Å². The summed E-state index contributed by atoms with van der Waals surface area (Å²) < 4.78 is 11.7. The monoisotopic (exact) mass is 843 g/mol. The molecule has 1 N–H and O–H groups in total. The van der Waals surface area contributed by atoms with Crippen LogP contribution in [0.2, 0.25) is 0 Å². The van der Waals surface area contributed by atoms with Crippen LogP contribution >= 0.6 is 11.3 Å². The molecular weight excluding hydrogens is 796 g/mol. The van der Waals surface area contributed by atoms with Gasteiger partial charge in [-0.3, -0.25) is 0 Å². The number of benzene rings is 8. The number of thiophene rings is 1. The van der Waals surface area contributed by atoms with Gasteiger partial charge in [0.05, 0.1) is 5.52 Å². The van der Waals surface area contributed by atoms with E-state index < -0.39 is 0 Å². The minimum atomic E-state index is -0.110. The highest BCUT2D eigenvalue weighted by molar-refractivity contribution is 7.25. The second-order valence-electron chi connectivity index (χ2n) is 20.9. The highest BCUT2D eigenvalue weighted by Gasteiger charge is 2.37. The zero-order valence-corrected chi connectivity index (χ0v) is 38.4. The van der Waals surface area contributed by atoms with Crippen molar-refractivity contribution in [2.24, 2.45) is 0 Å². The van der Waals surface area contributed by atoms with Gasteiger partial charge in [0.25, 0.3) is 0 Å². The molecule has 1 aliphatic carbocycles. The standard InChI is InChI=1S/C59H48BN2OS/c1-57(2,3)32-17-20-34(21-18-32)61-48-31-54-44(37-22-19-33(58(4,5)6)25-53(37)64-54)26-41(48)38-23-24-39-42-27-46-40(35-13-9-11-15-45(35)59(46,7)8)28-49(42)62-50-29-43-36-14-10-12-16-51(36)63-52(43)30-47(50)60-55(38)56(39)62/h9-31,61H,1-8H3. The summed E-state index contributed by atoms with van der Waals surface area (Å²) >= 11 is 1.89. The number of nitrogens with zero attached hydrogens (tertiary/aromatic N) is 1. The van der Waals surface area contributed by atoms with E-state index in [1.807, 2.05) is 11.3 Å². The lowest BCUT2D eigenvalue weighted by atomic mass is 9.59. The molecule has 0 spiro atoms. The van der Waals surface area contributed by atoms with E-state index in [0.717, 1.165) is 38.8 Å². The van der Waals surface area contributed by atoms with Gasteiger partial charge < -0.3 is 14.3 Å². The lowest BCUT2D eigenvalue weighted by Crippen LogP contribution is -2.37. The molecule has 13 rings (SSSR count). The highest BCUT2D eigenvalue weighted by atomic mass is 32.1. The molecule has 1 aliphatic heterocycles. The maximum atomic E-state index is 6.57. The zero-order valence-electron chi connectivity index (χ0n) is 37.6. The van der Waals surface area contributed by atoms with E-state index in [2.05, 4.69) is 212 Å². The molecule has 1 radical (unpaired) electrons. The molecule has 0 amide bonds. The van der Waals surface area contributed by atoms with Crippen LogP contribution in [0.1, 0.15) is 77.6 Å². The summed E-state index contributed by atoms with van der Waals surface area (Å²) in [6.45, 7) is 18.5. The maximum absolute atomic E-state index is 6.57. The van der Waals surface area contributed by atoms with E-state index in [1.165, 1.54) is 97.6 Å². The average molecular weight is 844 g/mol. The molecule has 0 fully saturated rings. The SMILES string of the molecule is CC(C)(C)c1ccc(Nc2cc3sc4cc(C(C)(C)C)ccc4c3cc2-c2ccc3c4cc5c(cc4n4c3c2[B]c2cc3oc6ccccc6c3cc2-4)-c2ccccc2C5(C)C)cc1. The molecule has 0 atom stereocenters. The van der Waals surface area contributed by atoms with Gasteiger partial charge in [0, 0.05) is 75.3 Å². The van der Waals surface area contributed by atoms with Gasteiger partial charge in [0.2, 0.25) is 0 Å². The van der Waals surface area contributed by atoms with Gasteiger partial charge in [-0.2, -0.15) is 0 Å². The number of nitrogens with one attached hydrogen (secondary N) is 1. The first-order chi connectivity index (χ1) is 30.7. The van der Waals surface area contributed by atoms with Crippen molar-refractivity contribution in [2.45, 2.75) is 71.6 Å². The third-order valence-corrected chi connectivity index (χ3v) is 15.7. The van der Waals surface area contributed by atoms with E-state index in [4.69, 9.17) is 4.42 Å². The summed E-state index contributed by atoms with van der Waals surface area (Å²) in [6.07, 6.45) is 0. The van der Waals surface area contributed by atoms with Crippen LogP contribution in [0.3, 0.4) is 0 Å². The Hall–Kier alpha value is -6.56. The summed E-state index contributed by atoms with van der Waals surface area (Å²) in [5.41, 5.74) is 20.5. The number of para-hydroxylation sites is 1. The topological polar surface area (TPSA) is 30.1 Å². The number of hydrogen-bond acceptors (Lipinski definition) is 3. The molecule has 11 aromatic rings. The quantitative estimate of drug-likeness (QED) is 0.180. The minimum absolute atomic E-state index is 0.0668. The Morgan fingerprint density at radius 2 is 1.28 bits per heavy atom. The lowest BCUT2D eigenvalue weighted by molar-refractivity contribution is 0.590. The molecule has 8 aromatic carbocycles. The fourth-order valence-corrected chi connectivity index (χ4v) is 12.2. The van der Waals surface area contributed by atoms with Crippen molar-refractivity contribution in [3.8, 4) is 27.9 Å². The zero-order chi connectivity index (χ0) is 43.6. The average Bonchev–Trinajstić information content (AvgIpc) is 3.98. The van der Waals surface area contributed by atoms with Gasteiger partial charge in [0.15, 0.2) is 7.28 Å².